The molecule has 0 saturated heterocycles. The molecule has 0 spiro atoms. The lowest BCUT2D eigenvalue weighted by atomic mass is 10.2. The third-order valence-electron chi connectivity index (χ3n) is 3.43. The van der Waals surface area contributed by atoms with E-state index in [1.54, 1.807) is 7.11 Å². The van der Waals surface area contributed by atoms with Crippen LogP contribution in [0, 0.1) is 0 Å². The van der Waals surface area contributed by atoms with Crippen LogP contribution in [-0.4, -0.2) is 31.5 Å². The number of methoxy groups -OCH3 is 1. The Morgan fingerprint density at radius 3 is 2.30 bits per heavy atom. The molecule has 0 bridgehead atoms. The van der Waals surface area contributed by atoms with E-state index >= 15 is 0 Å². The molecule has 0 radical (unpaired) electrons. The van der Waals surface area contributed by atoms with Crippen molar-refractivity contribution in [1.29, 1.82) is 0 Å². The standard InChI is InChI=1S/C18H21ClN2O2/c1-21(12-15-5-9-17(23-2)10-6-15)13-18(22)20-11-14-3-7-16(19)8-4-14/h3-10H,11-13H2,1-2H3,(H,20,22). The first-order valence-corrected chi connectivity index (χ1v) is 7.77. The second kappa shape index (κ2) is 8.56. The molecule has 0 fully saturated rings. The van der Waals surface area contributed by atoms with E-state index in [0.29, 0.717) is 24.7 Å². The Balaban J connectivity index is 1.76. The second-order valence-electron chi connectivity index (χ2n) is 5.42. The average Bonchev–Trinajstić information content (AvgIpc) is 2.55. The van der Waals surface area contributed by atoms with Crippen molar-refractivity contribution in [2.45, 2.75) is 13.1 Å². The van der Waals surface area contributed by atoms with Gasteiger partial charge in [0.15, 0.2) is 0 Å². The molecule has 0 atom stereocenters. The molecule has 1 amide bonds. The highest BCUT2D eigenvalue weighted by atomic mass is 35.5. The van der Waals surface area contributed by atoms with Crippen LogP contribution < -0.4 is 10.1 Å². The molecule has 0 aliphatic rings. The van der Waals surface area contributed by atoms with Crippen LogP contribution in [0.4, 0.5) is 0 Å². The Morgan fingerprint density at radius 1 is 1.09 bits per heavy atom. The van der Waals surface area contributed by atoms with Gasteiger partial charge in [-0.2, -0.15) is 0 Å². The number of ether oxygens (including phenoxy) is 1. The second-order valence-corrected chi connectivity index (χ2v) is 5.86. The summed E-state index contributed by atoms with van der Waals surface area (Å²) in [6, 6.07) is 15.3. The lowest BCUT2D eigenvalue weighted by Gasteiger charge is -2.16. The maximum atomic E-state index is 12.0. The molecule has 0 unspecified atom stereocenters. The number of amides is 1. The molecule has 0 aromatic heterocycles. The number of benzene rings is 2. The molecule has 23 heavy (non-hydrogen) atoms. The molecule has 4 nitrogen and oxygen atoms in total. The first kappa shape index (κ1) is 17.3. The van der Waals surface area contributed by atoms with E-state index < -0.39 is 0 Å². The Bertz CT molecular complexity index is 626. The van der Waals surface area contributed by atoms with Crippen LogP contribution in [0.25, 0.3) is 0 Å². The fraction of sp³-hybridized carbons (Fsp3) is 0.278. The van der Waals surface area contributed by atoms with Crippen molar-refractivity contribution in [3.63, 3.8) is 0 Å². The molecule has 122 valence electrons. The number of carbonyl (C=O) groups is 1. The number of hydrogen-bond acceptors (Lipinski definition) is 3. The predicted octanol–water partition coefficient (Wildman–Crippen LogP) is 3.10. The van der Waals surface area contributed by atoms with E-state index in [-0.39, 0.29) is 5.91 Å². The van der Waals surface area contributed by atoms with Crippen LogP contribution in [0.2, 0.25) is 5.02 Å². The number of nitrogens with zero attached hydrogens (tertiary/aromatic N) is 1. The van der Waals surface area contributed by atoms with E-state index in [1.165, 1.54) is 0 Å². The predicted molar refractivity (Wildman–Crippen MR) is 92.6 cm³/mol. The molecule has 2 aromatic rings. The average molecular weight is 333 g/mol. The fourth-order valence-corrected chi connectivity index (χ4v) is 2.33. The number of nitrogens with one attached hydrogen (secondary N) is 1. The molecule has 0 aliphatic heterocycles. The highest BCUT2D eigenvalue weighted by Crippen LogP contribution is 2.12. The molecule has 5 heteroatoms. The van der Waals surface area contributed by atoms with Gasteiger partial charge in [0.1, 0.15) is 5.75 Å². The van der Waals surface area contributed by atoms with Crippen LogP contribution in [0.5, 0.6) is 5.75 Å². The zero-order valence-corrected chi connectivity index (χ0v) is 14.1. The first-order valence-electron chi connectivity index (χ1n) is 7.39. The van der Waals surface area contributed by atoms with E-state index in [4.69, 9.17) is 16.3 Å². The third-order valence-corrected chi connectivity index (χ3v) is 3.68. The van der Waals surface area contributed by atoms with Gasteiger partial charge in [-0.15, -0.1) is 0 Å². The van der Waals surface area contributed by atoms with Gasteiger partial charge >= 0.3 is 0 Å². The zero-order valence-electron chi connectivity index (χ0n) is 13.4. The largest absolute Gasteiger partial charge is 0.497 e. The molecule has 0 aliphatic carbocycles. The summed E-state index contributed by atoms with van der Waals surface area (Å²) in [7, 11) is 3.57. The minimum atomic E-state index is -0.00374. The van der Waals surface area contributed by atoms with Crippen molar-refractivity contribution in [2.24, 2.45) is 0 Å². The smallest absolute Gasteiger partial charge is 0.234 e. The highest BCUT2D eigenvalue weighted by molar-refractivity contribution is 6.30. The normalized spacial score (nSPS) is 10.6. The molecule has 1 N–H and O–H groups in total. The Labute approximate surface area is 142 Å². The summed E-state index contributed by atoms with van der Waals surface area (Å²) in [5.41, 5.74) is 2.17. The topological polar surface area (TPSA) is 41.6 Å². The minimum absolute atomic E-state index is 0.00374. The minimum Gasteiger partial charge on any atom is -0.497 e. The summed E-state index contributed by atoms with van der Waals surface area (Å²) >= 11 is 5.84. The SMILES string of the molecule is COc1ccc(CN(C)CC(=O)NCc2ccc(Cl)cc2)cc1. The number of rotatable bonds is 7. The molecular formula is C18H21ClN2O2. The van der Waals surface area contributed by atoms with Gasteiger partial charge in [-0.05, 0) is 42.4 Å². The summed E-state index contributed by atoms with van der Waals surface area (Å²) in [6.45, 7) is 1.56. The molecule has 2 rings (SSSR count). The van der Waals surface area contributed by atoms with Crippen molar-refractivity contribution < 1.29 is 9.53 Å². The zero-order chi connectivity index (χ0) is 16.7. The van der Waals surface area contributed by atoms with Gasteiger partial charge in [0, 0.05) is 18.1 Å². The maximum Gasteiger partial charge on any atom is 0.234 e. The van der Waals surface area contributed by atoms with E-state index in [0.717, 1.165) is 16.9 Å². The van der Waals surface area contributed by atoms with Gasteiger partial charge < -0.3 is 10.1 Å². The fourth-order valence-electron chi connectivity index (χ4n) is 2.20. The quantitative estimate of drug-likeness (QED) is 0.847. The monoisotopic (exact) mass is 332 g/mol. The number of halogens is 1. The van der Waals surface area contributed by atoms with Crippen molar-refractivity contribution >= 4 is 17.5 Å². The van der Waals surface area contributed by atoms with Crippen LogP contribution in [0.3, 0.4) is 0 Å². The van der Waals surface area contributed by atoms with Gasteiger partial charge in [0.25, 0.3) is 0 Å². The van der Waals surface area contributed by atoms with Crippen molar-refractivity contribution in [3.05, 3.63) is 64.7 Å². The summed E-state index contributed by atoms with van der Waals surface area (Å²) in [6.07, 6.45) is 0. The first-order chi connectivity index (χ1) is 11.1. The van der Waals surface area contributed by atoms with Crippen LogP contribution in [-0.2, 0) is 17.9 Å². The van der Waals surface area contributed by atoms with Gasteiger partial charge in [-0.3, -0.25) is 9.69 Å². The lowest BCUT2D eigenvalue weighted by Crippen LogP contribution is -2.34. The van der Waals surface area contributed by atoms with Crippen LogP contribution in [0.15, 0.2) is 48.5 Å². The number of hydrogen-bond donors (Lipinski definition) is 1. The molecule has 0 heterocycles. The Hall–Kier alpha value is -2.04. The van der Waals surface area contributed by atoms with Gasteiger partial charge in [-0.25, -0.2) is 0 Å². The van der Waals surface area contributed by atoms with Crippen molar-refractivity contribution in [3.8, 4) is 5.75 Å². The molecular weight excluding hydrogens is 312 g/mol. The summed E-state index contributed by atoms with van der Waals surface area (Å²) in [4.78, 5) is 14.0. The van der Waals surface area contributed by atoms with E-state index in [9.17, 15) is 4.79 Å². The third kappa shape index (κ3) is 5.93. The maximum absolute atomic E-state index is 12.0. The Kier molecular flexibility index (Phi) is 6.44. The summed E-state index contributed by atoms with van der Waals surface area (Å²) in [5, 5.41) is 3.60. The van der Waals surface area contributed by atoms with E-state index in [2.05, 4.69) is 5.32 Å². The van der Waals surface area contributed by atoms with Crippen LogP contribution in [0.1, 0.15) is 11.1 Å². The summed E-state index contributed by atoms with van der Waals surface area (Å²) in [5.74, 6) is 0.827. The van der Waals surface area contributed by atoms with Gasteiger partial charge in [0.2, 0.25) is 5.91 Å². The van der Waals surface area contributed by atoms with Crippen LogP contribution >= 0.6 is 11.6 Å². The molecule has 0 saturated carbocycles. The summed E-state index contributed by atoms with van der Waals surface area (Å²) < 4.78 is 5.13. The number of carbonyl (C=O) groups excluding carboxylic acids is 1. The van der Waals surface area contributed by atoms with Crippen molar-refractivity contribution in [1.82, 2.24) is 10.2 Å². The van der Waals surface area contributed by atoms with Gasteiger partial charge in [0.05, 0.1) is 13.7 Å². The highest BCUT2D eigenvalue weighted by Gasteiger charge is 2.07. The lowest BCUT2D eigenvalue weighted by molar-refractivity contribution is -0.122. The number of likely N-dealkylation sites (N-methyl/N-ethyl adjacent to an activating group) is 1. The molecule has 2 aromatic carbocycles. The Morgan fingerprint density at radius 2 is 1.70 bits per heavy atom. The van der Waals surface area contributed by atoms with Crippen molar-refractivity contribution in [2.75, 3.05) is 20.7 Å². The van der Waals surface area contributed by atoms with E-state index in [1.807, 2.05) is 60.5 Å². The van der Waals surface area contributed by atoms with Gasteiger partial charge in [-0.1, -0.05) is 35.9 Å².